The molecule has 0 bridgehead atoms. The number of halogens is 2. The van der Waals surface area contributed by atoms with Crippen molar-refractivity contribution in [2.45, 2.75) is 51.4 Å². The molecule has 466 valence electrons. The predicted molar refractivity (Wildman–Crippen MR) is 326 cm³/mol. The number of hydrogen-bond donors (Lipinski definition) is 8. The van der Waals surface area contributed by atoms with Gasteiger partial charge < -0.3 is 56.9 Å². The van der Waals surface area contributed by atoms with Crippen LogP contribution in [0.1, 0.15) is 82.7 Å². The quantitative estimate of drug-likeness (QED) is 0.0372. The molecule has 90 heavy (non-hydrogen) atoms. The minimum absolute atomic E-state index is 0.0134. The van der Waals surface area contributed by atoms with Crippen LogP contribution in [0.4, 0.5) is 60.4 Å². The lowest BCUT2D eigenvalue weighted by molar-refractivity contribution is -0.118. The standard InChI is InChI=1S/C21H24N6O3.C20H22N8O3.C19H18F2N6O2/c1-22-20(29)18-16(12-17(25-26-18)24-19(28)13-4-5-13)23-15-8-6-14(7-9-15)21(30)27-10-2-3-11-27;1-21-20(30)16-14(9-15(25-26-16)24-19(29)11-7-8-11)23-13-6-4-5-12(17(13)31-3)18-22-10-28(2)27-18;1-27-9-22-18(26-27)11-4-3-5-12(16(11)29-2)23-13-8-14(24-17(21)15(13)20)25-19(28)10-6-7-10/h6-9,12-13H,2-5,10-11H2,1H3,(H,22,29)(H2,23,24,25,28);4-6,9-11H,7-8H2,1-3H3,(H,21,30)(H2,23,24,25,29);3-5,8-10H,6-7H2,1-2H3,(H2,23,24,25,28). The van der Waals surface area contributed by atoms with Crippen LogP contribution in [0.5, 0.6) is 11.5 Å². The Hall–Kier alpha value is -11.1. The molecule has 6 amide bonds. The van der Waals surface area contributed by atoms with Crippen LogP contribution in [0.2, 0.25) is 0 Å². The summed E-state index contributed by atoms with van der Waals surface area (Å²) in [7, 11) is 9.52. The molecule has 4 aliphatic rings. The summed E-state index contributed by atoms with van der Waals surface area (Å²) < 4.78 is 42.6. The summed E-state index contributed by atoms with van der Waals surface area (Å²) >= 11 is 0. The Bertz CT molecular complexity index is 4000. The van der Waals surface area contributed by atoms with Gasteiger partial charge in [-0.15, -0.1) is 20.4 Å². The van der Waals surface area contributed by atoms with Crippen molar-refractivity contribution in [3.8, 4) is 34.3 Å². The Labute approximate surface area is 513 Å². The fourth-order valence-electron chi connectivity index (χ4n) is 9.28. The maximum absolute atomic E-state index is 14.4. The molecule has 0 spiro atoms. The molecule has 28 nitrogen and oxygen atoms in total. The van der Waals surface area contributed by atoms with Crippen LogP contribution >= 0.6 is 0 Å². The Morgan fingerprint density at radius 3 is 1.39 bits per heavy atom. The molecule has 1 aliphatic heterocycles. The van der Waals surface area contributed by atoms with Crippen LogP contribution < -0.4 is 52.0 Å². The number of aromatic nitrogens is 11. The second-order valence-electron chi connectivity index (χ2n) is 21.3. The van der Waals surface area contributed by atoms with Gasteiger partial charge >= 0.3 is 0 Å². The van der Waals surface area contributed by atoms with Crippen LogP contribution in [0.15, 0.2) is 91.5 Å². The number of likely N-dealkylation sites (tertiary alicyclic amines) is 1. The van der Waals surface area contributed by atoms with E-state index in [1.54, 1.807) is 104 Å². The number of hydrogen-bond acceptors (Lipinski definition) is 20. The van der Waals surface area contributed by atoms with E-state index >= 15 is 0 Å². The smallest absolute Gasteiger partial charge is 0.273 e. The van der Waals surface area contributed by atoms with E-state index in [-0.39, 0.29) is 75.9 Å². The van der Waals surface area contributed by atoms with Crippen molar-refractivity contribution in [2.75, 3.05) is 73.3 Å². The number of para-hydroxylation sites is 2. The van der Waals surface area contributed by atoms with Gasteiger partial charge in [0.15, 0.2) is 46.2 Å². The van der Waals surface area contributed by atoms with Crippen LogP contribution in [-0.2, 0) is 28.5 Å². The maximum atomic E-state index is 14.4. The minimum atomic E-state index is -1.32. The number of carbonyl (C=O) groups is 6. The third-order valence-corrected chi connectivity index (χ3v) is 14.4. The van der Waals surface area contributed by atoms with Gasteiger partial charge in [0.25, 0.3) is 23.7 Å². The molecule has 0 atom stereocenters. The van der Waals surface area contributed by atoms with Crippen molar-refractivity contribution in [1.29, 1.82) is 0 Å². The lowest BCUT2D eigenvalue weighted by atomic mass is 10.1. The molecule has 12 rings (SSSR count). The highest BCUT2D eigenvalue weighted by atomic mass is 19.2. The minimum Gasteiger partial charge on any atom is -0.494 e. The number of amides is 6. The molecule has 6 heterocycles. The molecule has 0 unspecified atom stereocenters. The Morgan fingerprint density at radius 2 is 0.967 bits per heavy atom. The second-order valence-corrected chi connectivity index (χ2v) is 21.3. The van der Waals surface area contributed by atoms with Crippen molar-refractivity contribution < 1.29 is 47.0 Å². The lowest BCUT2D eigenvalue weighted by Crippen LogP contribution is -2.27. The third kappa shape index (κ3) is 15.2. The third-order valence-electron chi connectivity index (χ3n) is 14.4. The Morgan fingerprint density at radius 1 is 0.533 bits per heavy atom. The first-order chi connectivity index (χ1) is 43.5. The van der Waals surface area contributed by atoms with Gasteiger partial charge in [0.1, 0.15) is 18.5 Å². The molecule has 0 radical (unpaired) electrons. The first kappa shape index (κ1) is 62.0. The van der Waals surface area contributed by atoms with Gasteiger partial charge in [-0.3, -0.25) is 38.1 Å². The monoisotopic (exact) mass is 1230 g/mol. The van der Waals surface area contributed by atoms with E-state index in [9.17, 15) is 37.5 Å². The zero-order valence-electron chi connectivity index (χ0n) is 49.9. The van der Waals surface area contributed by atoms with Crippen molar-refractivity contribution in [3.05, 3.63) is 120 Å². The largest absolute Gasteiger partial charge is 0.494 e. The van der Waals surface area contributed by atoms with E-state index in [0.29, 0.717) is 68.3 Å². The lowest BCUT2D eigenvalue weighted by Gasteiger charge is -2.16. The highest BCUT2D eigenvalue weighted by Gasteiger charge is 2.33. The van der Waals surface area contributed by atoms with Gasteiger partial charge in [-0.1, -0.05) is 12.1 Å². The molecular weight excluding hydrogens is 1170 g/mol. The van der Waals surface area contributed by atoms with Crippen molar-refractivity contribution >= 4 is 87.0 Å². The van der Waals surface area contributed by atoms with Crippen molar-refractivity contribution in [3.63, 3.8) is 0 Å². The summed E-state index contributed by atoms with van der Waals surface area (Å²) in [5.41, 5.74) is 4.30. The number of nitrogens with one attached hydrogen (secondary N) is 8. The average molecular weight is 1230 g/mol. The fraction of sp³-hybridized carbons (Fsp3) is 0.317. The second kappa shape index (κ2) is 27.7. The summed E-state index contributed by atoms with van der Waals surface area (Å²) in [6, 6.07) is 22.0. The topological polar surface area (TPSA) is 346 Å². The average Bonchev–Trinajstić information content (AvgIpc) is 1.42. The SMILES string of the molecule is CNC(=O)c1nnc(NC(=O)C2CC2)cc1Nc1ccc(C(=O)N2CCCC2)cc1.CNC(=O)c1nnc(NC(=O)C2CC2)cc1Nc1cccc(-c2ncn(C)n2)c1OC.COc1c(Nc2cc(NC(=O)C3CC3)nc(F)c2F)cccc1-c1ncn(C)n1. The number of anilines is 9. The first-order valence-corrected chi connectivity index (χ1v) is 28.8. The number of methoxy groups -OCH3 is 2. The molecule has 3 saturated carbocycles. The number of nitrogens with zero attached hydrogens (tertiary/aromatic N) is 12. The number of benzene rings is 3. The van der Waals surface area contributed by atoms with Gasteiger partial charge in [-0.2, -0.15) is 24.0 Å². The van der Waals surface area contributed by atoms with Crippen LogP contribution in [0, 0.1) is 29.5 Å². The fourth-order valence-corrected chi connectivity index (χ4v) is 9.28. The normalized spacial score (nSPS) is 13.9. The van der Waals surface area contributed by atoms with Gasteiger partial charge in [-0.05, 0) is 99.9 Å². The van der Waals surface area contributed by atoms with E-state index in [1.807, 2.05) is 17.0 Å². The molecule has 3 aromatic carbocycles. The van der Waals surface area contributed by atoms with E-state index in [1.165, 1.54) is 27.3 Å². The number of pyridine rings is 1. The molecule has 1 saturated heterocycles. The molecule has 5 aromatic heterocycles. The van der Waals surface area contributed by atoms with Gasteiger partial charge in [0.2, 0.25) is 23.5 Å². The van der Waals surface area contributed by atoms with Gasteiger partial charge in [-0.25, -0.2) is 9.97 Å². The van der Waals surface area contributed by atoms with Gasteiger partial charge in [0.05, 0.1) is 53.8 Å². The number of carbonyl (C=O) groups excluding carboxylic acids is 6. The molecule has 8 aromatic rings. The Balaban J connectivity index is 0.000000149. The zero-order valence-corrected chi connectivity index (χ0v) is 49.9. The summed E-state index contributed by atoms with van der Waals surface area (Å²) in [5.74, 6) is -1.52. The Kier molecular flexibility index (Phi) is 19.1. The molecule has 30 heteroatoms. The predicted octanol–water partition coefficient (Wildman–Crippen LogP) is 7.15. The highest BCUT2D eigenvalue weighted by Crippen LogP contribution is 2.40. The number of aryl methyl sites for hydroxylation is 2. The van der Waals surface area contributed by atoms with E-state index < -0.39 is 23.6 Å². The van der Waals surface area contributed by atoms with E-state index in [0.717, 1.165) is 64.5 Å². The van der Waals surface area contributed by atoms with Crippen LogP contribution in [-0.4, -0.2) is 137 Å². The molecule has 4 fully saturated rings. The van der Waals surface area contributed by atoms with E-state index in [2.05, 4.69) is 88.1 Å². The number of ether oxygens (including phenoxy) is 2. The van der Waals surface area contributed by atoms with Gasteiger partial charge in [0, 0.05) is 88.5 Å². The molecule has 8 N–H and O–H groups in total. The summed E-state index contributed by atoms with van der Waals surface area (Å²) in [6.45, 7) is 1.60. The summed E-state index contributed by atoms with van der Waals surface area (Å²) in [5, 5.41) is 46.7. The summed E-state index contributed by atoms with van der Waals surface area (Å²) in [6.07, 6.45) is 10.3. The zero-order chi connectivity index (χ0) is 63.6. The van der Waals surface area contributed by atoms with E-state index in [4.69, 9.17) is 9.47 Å². The molecule has 3 aliphatic carbocycles. The summed E-state index contributed by atoms with van der Waals surface area (Å²) in [4.78, 5) is 86.8. The highest BCUT2D eigenvalue weighted by molar-refractivity contribution is 6.01. The number of rotatable bonds is 19. The first-order valence-electron chi connectivity index (χ1n) is 28.8. The maximum Gasteiger partial charge on any atom is 0.273 e. The van der Waals surface area contributed by atoms with Crippen LogP contribution in [0.25, 0.3) is 22.8 Å². The van der Waals surface area contributed by atoms with Crippen LogP contribution in [0.3, 0.4) is 0 Å². The van der Waals surface area contributed by atoms with Crippen molar-refractivity contribution in [1.82, 2.24) is 70.4 Å². The van der Waals surface area contributed by atoms with Crippen molar-refractivity contribution in [2.24, 2.45) is 31.8 Å². The molecular formula is C60H64F2N20O8.